The van der Waals surface area contributed by atoms with Crippen molar-refractivity contribution in [3.63, 3.8) is 0 Å². The van der Waals surface area contributed by atoms with Crippen LogP contribution in [0.5, 0.6) is 0 Å². The number of Topliss-reactive ketones (excluding diaryl/α,β-unsaturated/α-hetero) is 1. The van der Waals surface area contributed by atoms with Crippen LogP contribution in [0, 0.1) is 0 Å². The molecule has 68 valence electrons. The molecular weight excluding hydrogens is 230 g/mol. The summed E-state index contributed by atoms with van der Waals surface area (Å²) < 4.78 is 0. The van der Waals surface area contributed by atoms with E-state index in [1.807, 2.05) is 12.1 Å². The lowest BCUT2D eigenvalue weighted by molar-refractivity contribution is 0.0990. The molecule has 0 aliphatic heterocycles. The van der Waals surface area contributed by atoms with Crippen LogP contribution in [-0.4, -0.2) is 15.6 Å². The Labute approximate surface area is 85.5 Å². The summed E-state index contributed by atoms with van der Waals surface area (Å²) in [7, 11) is 0. The minimum Gasteiger partial charge on any atom is -0.293 e. The van der Waals surface area contributed by atoms with Crippen LogP contribution < -0.4 is 0 Å². The van der Waals surface area contributed by atoms with E-state index in [9.17, 15) is 4.79 Å². The summed E-state index contributed by atoms with van der Waals surface area (Å²) in [5, 5.41) is 0. The Kier molecular flexibility index (Phi) is 2.44. The van der Waals surface area contributed by atoms with Crippen LogP contribution in [-0.2, 0) is 6.42 Å². The van der Waals surface area contributed by atoms with Crippen LogP contribution in [0.25, 0.3) is 0 Å². The van der Waals surface area contributed by atoms with E-state index in [0.717, 1.165) is 30.5 Å². The molecule has 2 rings (SSSR count). The lowest BCUT2D eigenvalue weighted by atomic mass is 10.1. The van der Waals surface area contributed by atoms with Gasteiger partial charge in [0, 0.05) is 11.8 Å². The Morgan fingerprint density at radius 3 is 3.23 bits per heavy atom. The molecule has 3 heteroatoms. The average molecular weight is 240 g/mol. The van der Waals surface area contributed by atoms with Crippen LogP contribution in [0.3, 0.4) is 0 Å². The molecule has 13 heavy (non-hydrogen) atoms. The number of hydrogen-bond donors (Lipinski definition) is 0. The number of alkyl halides is 1. The number of carbonyl (C=O) groups is 1. The molecule has 1 aromatic rings. The maximum Gasteiger partial charge on any atom is 0.178 e. The second-order valence-electron chi connectivity index (χ2n) is 3.22. The number of aryl methyl sites for hydroxylation is 1. The Bertz CT molecular complexity index is 337. The maximum absolute atomic E-state index is 11.7. The Hall–Kier alpha value is -0.700. The van der Waals surface area contributed by atoms with Crippen molar-refractivity contribution < 1.29 is 4.79 Å². The van der Waals surface area contributed by atoms with Gasteiger partial charge in [-0.25, -0.2) is 0 Å². The summed E-state index contributed by atoms with van der Waals surface area (Å²) in [6, 6.07) is 3.69. The molecule has 1 aliphatic rings. The van der Waals surface area contributed by atoms with Gasteiger partial charge >= 0.3 is 0 Å². The number of aromatic nitrogens is 1. The highest BCUT2D eigenvalue weighted by Crippen LogP contribution is 2.23. The first-order valence-electron chi connectivity index (χ1n) is 4.41. The van der Waals surface area contributed by atoms with E-state index in [-0.39, 0.29) is 10.6 Å². The molecular formula is C10H10BrNO. The number of ketones is 1. The van der Waals surface area contributed by atoms with Gasteiger partial charge in [-0.1, -0.05) is 15.9 Å². The van der Waals surface area contributed by atoms with E-state index in [4.69, 9.17) is 0 Å². The molecule has 1 unspecified atom stereocenters. The first kappa shape index (κ1) is 8.88. The van der Waals surface area contributed by atoms with Gasteiger partial charge in [0.15, 0.2) is 5.78 Å². The summed E-state index contributed by atoms with van der Waals surface area (Å²) in [6.07, 6.45) is 4.62. The Morgan fingerprint density at radius 2 is 2.38 bits per heavy atom. The lowest BCUT2D eigenvalue weighted by Gasteiger charge is -2.04. The summed E-state index contributed by atoms with van der Waals surface area (Å²) in [6.45, 7) is 0. The third-order valence-electron chi connectivity index (χ3n) is 2.31. The molecule has 0 amide bonds. The molecule has 0 bridgehead atoms. The quantitative estimate of drug-likeness (QED) is 0.514. The number of pyridine rings is 1. The molecule has 0 N–H and O–H groups in total. The summed E-state index contributed by atoms with van der Waals surface area (Å²) in [5.74, 6) is 0.181. The standard InChI is InChI=1S/C10H10BrNO/c11-8-4-1-5-9-7(10(8)13)3-2-6-12-9/h2-3,6,8H,1,4-5H2. The topological polar surface area (TPSA) is 30.0 Å². The molecule has 0 spiro atoms. The van der Waals surface area contributed by atoms with Gasteiger partial charge in [-0.05, 0) is 31.4 Å². The van der Waals surface area contributed by atoms with E-state index < -0.39 is 0 Å². The van der Waals surface area contributed by atoms with E-state index in [1.54, 1.807) is 6.20 Å². The van der Waals surface area contributed by atoms with Crippen molar-refractivity contribution in [2.75, 3.05) is 0 Å². The molecule has 0 saturated carbocycles. The SMILES string of the molecule is O=C1c2cccnc2CCCC1Br. The largest absolute Gasteiger partial charge is 0.293 e. The van der Waals surface area contributed by atoms with Gasteiger partial charge in [0.25, 0.3) is 0 Å². The van der Waals surface area contributed by atoms with Crippen molar-refractivity contribution in [1.82, 2.24) is 4.98 Å². The molecule has 0 saturated heterocycles. The fourth-order valence-electron chi connectivity index (χ4n) is 1.61. The molecule has 0 radical (unpaired) electrons. The average Bonchev–Trinajstić information content (AvgIpc) is 2.29. The molecule has 2 nitrogen and oxygen atoms in total. The van der Waals surface area contributed by atoms with Crippen LogP contribution in [0.1, 0.15) is 28.9 Å². The second-order valence-corrected chi connectivity index (χ2v) is 4.33. The minimum absolute atomic E-state index is 0.0158. The number of carbonyl (C=O) groups excluding carboxylic acids is 1. The highest BCUT2D eigenvalue weighted by Gasteiger charge is 2.23. The van der Waals surface area contributed by atoms with Gasteiger partial charge in [-0.15, -0.1) is 0 Å². The maximum atomic E-state index is 11.7. The first-order valence-corrected chi connectivity index (χ1v) is 5.33. The van der Waals surface area contributed by atoms with Crippen LogP contribution >= 0.6 is 15.9 Å². The van der Waals surface area contributed by atoms with E-state index in [0.29, 0.717) is 0 Å². The van der Waals surface area contributed by atoms with Crippen molar-refractivity contribution in [3.05, 3.63) is 29.6 Å². The Balaban J connectivity index is 2.46. The monoisotopic (exact) mass is 239 g/mol. The van der Waals surface area contributed by atoms with Gasteiger partial charge in [-0.2, -0.15) is 0 Å². The molecule has 1 aromatic heterocycles. The van der Waals surface area contributed by atoms with Gasteiger partial charge in [0.1, 0.15) is 0 Å². The predicted molar refractivity (Wildman–Crippen MR) is 54.2 cm³/mol. The number of rotatable bonds is 0. The highest BCUT2D eigenvalue weighted by molar-refractivity contribution is 9.10. The van der Waals surface area contributed by atoms with E-state index >= 15 is 0 Å². The summed E-state index contributed by atoms with van der Waals surface area (Å²) >= 11 is 3.40. The van der Waals surface area contributed by atoms with Crippen molar-refractivity contribution in [1.29, 1.82) is 0 Å². The highest BCUT2D eigenvalue weighted by atomic mass is 79.9. The van der Waals surface area contributed by atoms with Crippen molar-refractivity contribution in [2.45, 2.75) is 24.1 Å². The normalized spacial score (nSPS) is 22.2. The first-order chi connectivity index (χ1) is 6.29. The van der Waals surface area contributed by atoms with Crippen LogP contribution in [0.2, 0.25) is 0 Å². The smallest absolute Gasteiger partial charge is 0.178 e. The number of halogens is 1. The fourth-order valence-corrected chi connectivity index (χ4v) is 2.18. The second kappa shape index (κ2) is 3.58. The molecule has 1 aliphatic carbocycles. The summed E-state index contributed by atoms with van der Waals surface area (Å²) in [5.41, 5.74) is 1.75. The minimum atomic E-state index is -0.0158. The third kappa shape index (κ3) is 1.66. The van der Waals surface area contributed by atoms with Crippen molar-refractivity contribution in [2.24, 2.45) is 0 Å². The zero-order chi connectivity index (χ0) is 9.26. The third-order valence-corrected chi connectivity index (χ3v) is 3.19. The Morgan fingerprint density at radius 1 is 1.54 bits per heavy atom. The van der Waals surface area contributed by atoms with Crippen LogP contribution in [0.15, 0.2) is 18.3 Å². The lowest BCUT2D eigenvalue weighted by Crippen LogP contribution is -2.13. The molecule has 1 heterocycles. The van der Waals surface area contributed by atoms with Gasteiger partial charge < -0.3 is 0 Å². The number of hydrogen-bond acceptors (Lipinski definition) is 2. The molecule has 0 aromatic carbocycles. The van der Waals surface area contributed by atoms with Gasteiger partial charge in [0.2, 0.25) is 0 Å². The van der Waals surface area contributed by atoms with Crippen LogP contribution in [0.4, 0.5) is 0 Å². The van der Waals surface area contributed by atoms with E-state index in [1.165, 1.54) is 0 Å². The predicted octanol–water partition coefficient (Wildman–Crippen LogP) is 2.36. The number of fused-ring (bicyclic) bond motifs is 1. The fraction of sp³-hybridized carbons (Fsp3) is 0.400. The summed E-state index contributed by atoms with van der Waals surface area (Å²) in [4.78, 5) is 16.0. The zero-order valence-electron chi connectivity index (χ0n) is 7.16. The van der Waals surface area contributed by atoms with Gasteiger partial charge in [-0.3, -0.25) is 9.78 Å². The van der Waals surface area contributed by atoms with E-state index in [2.05, 4.69) is 20.9 Å². The molecule has 1 atom stereocenters. The zero-order valence-corrected chi connectivity index (χ0v) is 8.75. The van der Waals surface area contributed by atoms with Gasteiger partial charge in [0.05, 0.1) is 10.5 Å². The molecule has 0 fully saturated rings. The van der Waals surface area contributed by atoms with Crippen molar-refractivity contribution in [3.8, 4) is 0 Å². The number of nitrogens with zero attached hydrogens (tertiary/aromatic N) is 1. The van der Waals surface area contributed by atoms with Crippen molar-refractivity contribution >= 4 is 21.7 Å².